The Morgan fingerprint density at radius 3 is 2.80 bits per heavy atom. The molecule has 5 heteroatoms. The molecule has 2 heterocycles. The van der Waals surface area contributed by atoms with E-state index in [-0.39, 0.29) is 11.4 Å². The smallest absolute Gasteiger partial charge is 0.335 e. The molecule has 0 unspecified atom stereocenters. The van der Waals surface area contributed by atoms with Gasteiger partial charge in [0.25, 0.3) is 0 Å². The van der Waals surface area contributed by atoms with Crippen LogP contribution in [0.1, 0.15) is 10.4 Å². The fraction of sp³-hybridized carbons (Fsp3) is 0. The van der Waals surface area contributed by atoms with Gasteiger partial charge in [0.15, 0.2) is 0 Å². The summed E-state index contributed by atoms with van der Waals surface area (Å²) >= 11 is 0. The zero-order chi connectivity index (χ0) is 13.9. The van der Waals surface area contributed by atoms with Crippen molar-refractivity contribution in [3.05, 3.63) is 60.4 Å². The minimum atomic E-state index is -1.02. The molecule has 0 radical (unpaired) electrons. The van der Waals surface area contributed by atoms with E-state index in [4.69, 9.17) is 9.84 Å². The van der Waals surface area contributed by atoms with Crippen LogP contribution in [0, 0.1) is 0 Å². The molecular weight excluding hydrogens is 256 g/mol. The number of nitrogens with zero attached hydrogens (tertiary/aromatic N) is 2. The summed E-state index contributed by atoms with van der Waals surface area (Å²) in [6.07, 6.45) is 3.10. The van der Waals surface area contributed by atoms with Crippen molar-refractivity contribution < 1.29 is 14.6 Å². The lowest BCUT2D eigenvalue weighted by molar-refractivity contribution is 0.0696. The van der Waals surface area contributed by atoms with E-state index in [1.54, 1.807) is 18.3 Å². The zero-order valence-electron chi connectivity index (χ0n) is 10.4. The van der Waals surface area contributed by atoms with E-state index in [2.05, 4.69) is 9.97 Å². The van der Waals surface area contributed by atoms with Gasteiger partial charge in [0, 0.05) is 29.9 Å². The molecule has 0 saturated carbocycles. The Morgan fingerprint density at radius 1 is 1.05 bits per heavy atom. The molecule has 0 fully saturated rings. The number of benzene rings is 1. The molecule has 98 valence electrons. The van der Waals surface area contributed by atoms with Gasteiger partial charge in [-0.3, -0.25) is 4.98 Å². The summed E-state index contributed by atoms with van der Waals surface area (Å²) in [6, 6.07) is 12.1. The molecule has 0 bridgehead atoms. The topological polar surface area (TPSA) is 72.3 Å². The van der Waals surface area contributed by atoms with Gasteiger partial charge in [0.1, 0.15) is 5.75 Å². The predicted octanol–water partition coefficient (Wildman–Crippen LogP) is 3.12. The molecule has 1 N–H and O–H groups in total. The second-order valence-electron chi connectivity index (χ2n) is 4.15. The molecule has 0 amide bonds. The fourth-order valence-electron chi connectivity index (χ4n) is 1.83. The maximum Gasteiger partial charge on any atom is 0.335 e. The number of aromatic nitrogens is 2. The van der Waals surface area contributed by atoms with Gasteiger partial charge in [-0.2, -0.15) is 0 Å². The van der Waals surface area contributed by atoms with Crippen LogP contribution in [0.25, 0.3) is 10.9 Å². The van der Waals surface area contributed by atoms with Crippen molar-refractivity contribution in [1.29, 1.82) is 0 Å². The number of rotatable bonds is 3. The van der Waals surface area contributed by atoms with Crippen LogP contribution in [0.15, 0.2) is 54.9 Å². The van der Waals surface area contributed by atoms with Crippen molar-refractivity contribution in [2.24, 2.45) is 0 Å². The van der Waals surface area contributed by atoms with Crippen LogP contribution in [0.2, 0.25) is 0 Å². The number of aromatic carboxylic acids is 1. The normalized spacial score (nSPS) is 10.4. The molecule has 0 atom stereocenters. The fourth-order valence-corrected chi connectivity index (χ4v) is 1.83. The van der Waals surface area contributed by atoms with Crippen molar-refractivity contribution in [2.45, 2.75) is 0 Å². The number of carboxylic acids is 1. The molecule has 20 heavy (non-hydrogen) atoms. The Hall–Kier alpha value is -2.95. The second kappa shape index (κ2) is 4.97. The van der Waals surface area contributed by atoms with Crippen LogP contribution >= 0.6 is 0 Å². The van der Waals surface area contributed by atoms with Gasteiger partial charge in [-0.25, -0.2) is 9.78 Å². The van der Waals surface area contributed by atoms with E-state index in [1.807, 2.05) is 18.2 Å². The minimum Gasteiger partial charge on any atom is -0.478 e. The van der Waals surface area contributed by atoms with E-state index in [1.165, 1.54) is 18.3 Å². The van der Waals surface area contributed by atoms with Crippen molar-refractivity contribution in [3.63, 3.8) is 0 Å². The predicted molar refractivity (Wildman–Crippen MR) is 73.0 cm³/mol. The standard InChI is InChI=1S/C15H10N2O3/c18-15(19)11-5-7-17-14(8-11)20-12-4-3-10-2-1-6-16-13(10)9-12/h1-9H,(H,18,19). The Morgan fingerprint density at radius 2 is 1.95 bits per heavy atom. The molecule has 0 aliphatic rings. The third kappa shape index (κ3) is 2.42. The summed E-state index contributed by atoms with van der Waals surface area (Å²) in [5, 5.41) is 9.93. The van der Waals surface area contributed by atoms with Gasteiger partial charge in [0.2, 0.25) is 5.88 Å². The highest BCUT2D eigenvalue weighted by Gasteiger charge is 2.06. The van der Waals surface area contributed by atoms with Crippen LogP contribution in [0.3, 0.4) is 0 Å². The molecular formula is C15H10N2O3. The van der Waals surface area contributed by atoms with Crippen molar-refractivity contribution in [1.82, 2.24) is 9.97 Å². The van der Waals surface area contributed by atoms with E-state index >= 15 is 0 Å². The molecule has 3 aromatic rings. The number of pyridine rings is 2. The highest BCUT2D eigenvalue weighted by atomic mass is 16.5. The lowest BCUT2D eigenvalue weighted by atomic mass is 10.2. The number of carbonyl (C=O) groups is 1. The summed E-state index contributed by atoms with van der Waals surface area (Å²) in [5.74, 6) is -0.219. The Kier molecular flexibility index (Phi) is 3.01. The molecule has 1 aromatic carbocycles. The van der Waals surface area contributed by atoms with Crippen LogP contribution in [0.4, 0.5) is 0 Å². The lowest BCUT2D eigenvalue weighted by Gasteiger charge is -2.06. The minimum absolute atomic E-state index is 0.133. The highest BCUT2D eigenvalue weighted by Crippen LogP contribution is 2.23. The third-order valence-electron chi connectivity index (χ3n) is 2.78. The van der Waals surface area contributed by atoms with Crippen molar-refractivity contribution >= 4 is 16.9 Å². The first-order valence-corrected chi connectivity index (χ1v) is 5.94. The molecule has 0 saturated heterocycles. The lowest BCUT2D eigenvalue weighted by Crippen LogP contribution is -1.97. The Labute approximate surface area is 114 Å². The maximum atomic E-state index is 10.9. The number of ether oxygens (including phenoxy) is 1. The summed E-state index contributed by atoms with van der Waals surface area (Å²) in [7, 11) is 0. The summed E-state index contributed by atoms with van der Waals surface area (Å²) in [4.78, 5) is 19.1. The van der Waals surface area contributed by atoms with Gasteiger partial charge in [0.05, 0.1) is 11.1 Å². The van der Waals surface area contributed by atoms with Gasteiger partial charge in [-0.1, -0.05) is 6.07 Å². The average Bonchev–Trinajstić information content (AvgIpc) is 2.47. The Balaban J connectivity index is 1.92. The molecule has 2 aromatic heterocycles. The van der Waals surface area contributed by atoms with Gasteiger partial charge >= 0.3 is 5.97 Å². The second-order valence-corrected chi connectivity index (χ2v) is 4.15. The molecule has 5 nitrogen and oxygen atoms in total. The first kappa shape index (κ1) is 12.1. The highest BCUT2D eigenvalue weighted by molar-refractivity contribution is 5.87. The first-order chi connectivity index (χ1) is 9.72. The van der Waals surface area contributed by atoms with Crippen LogP contribution in [0.5, 0.6) is 11.6 Å². The van der Waals surface area contributed by atoms with Crippen LogP contribution in [-0.2, 0) is 0 Å². The largest absolute Gasteiger partial charge is 0.478 e. The van der Waals surface area contributed by atoms with Crippen molar-refractivity contribution in [2.75, 3.05) is 0 Å². The van der Waals surface area contributed by atoms with Crippen LogP contribution in [-0.4, -0.2) is 21.0 Å². The SMILES string of the molecule is O=C(O)c1ccnc(Oc2ccc3cccnc3c2)c1. The number of carboxylic acid groups (broad SMARTS) is 1. The third-order valence-corrected chi connectivity index (χ3v) is 2.78. The van der Waals surface area contributed by atoms with Gasteiger partial charge < -0.3 is 9.84 Å². The average molecular weight is 266 g/mol. The number of fused-ring (bicyclic) bond motifs is 1. The van der Waals surface area contributed by atoms with Gasteiger partial charge in [-0.05, 0) is 24.3 Å². The zero-order valence-corrected chi connectivity index (χ0v) is 10.4. The summed E-state index contributed by atoms with van der Waals surface area (Å²) in [6.45, 7) is 0. The molecule has 0 aliphatic carbocycles. The summed E-state index contributed by atoms with van der Waals surface area (Å²) < 4.78 is 5.56. The number of hydrogen-bond acceptors (Lipinski definition) is 4. The maximum absolute atomic E-state index is 10.9. The Bertz CT molecular complexity index is 787. The number of hydrogen-bond donors (Lipinski definition) is 1. The molecule has 0 aliphatic heterocycles. The van der Waals surface area contributed by atoms with E-state index in [0.717, 1.165) is 10.9 Å². The van der Waals surface area contributed by atoms with E-state index in [0.29, 0.717) is 5.75 Å². The van der Waals surface area contributed by atoms with E-state index < -0.39 is 5.97 Å². The van der Waals surface area contributed by atoms with Crippen LogP contribution < -0.4 is 4.74 Å². The molecule has 3 rings (SSSR count). The monoisotopic (exact) mass is 266 g/mol. The molecule has 0 spiro atoms. The first-order valence-electron chi connectivity index (χ1n) is 5.94. The quantitative estimate of drug-likeness (QED) is 0.788. The van der Waals surface area contributed by atoms with Gasteiger partial charge in [-0.15, -0.1) is 0 Å². The van der Waals surface area contributed by atoms with E-state index in [9.17, 15) is 4.79 Å². The van der Waals surface area contributed by atoms with Crippen molar-refractivity contribution in [3.8, 4) is 11.6 Å². The summed E-state index contributed by atoms with van der Waals surface area (Å²) in [5.41, 5.74) is 0.938.